The number of rotatable bonds is 2. The normalized spacial score (nSPS) is 10.5. The Labute approximate surface area is 109 Å². The molecule has 0 radical (unpaired) electrons. The third-order valence-corrected chi connectivity index (χ3v) is 3.15. The van der Waals surface area contributed by atoms with E-state index in [1.165, 1.54) is 6.07 Å². The Bertz CT molecular complexity index is 490. The number of benzene rings is 1. The summed E-state index contributed by atoms with van der Waals surface area (Å²) in [6.07, 6.45) is 0. The van der Waals surface area contributed by atoms with Crippen molar-refractivity contribution >= 4 is 38.0 Å². The predicted octanol–water partition coefficient (Wildman–Crippen LogP) is 1.81. The van der Waals surface area contributed by atoms with E-state index < -0.39 is 19.7 Å². The summed E-state index contributed by atoms with van der Waals surface area (Å²) >= 11 is 3.80. The molecule has 0 bridgehead atoms. The molecule has 0 unspecified atom stereocenters. The number of nitro groups is 1. The quantitative estimate of drug-likeness (QED) is 0.296. The fraction of sp³-hybridized carbons (Fsp3) is 0. The van der Waals surface area contributed by atoms with Gasteiger partial charge in [0.15, 0.2) is 0 Å². The van der Waals surface area contributed by atoms with Gasteiger partial charge in [0.25, 0.3) is 14.7 Å². The van der Waals surface area contributed by atoms with E-state index in [9.17, 15) is 18.5 Å². The van der Waals surface area contributed by atoms with Crippen LogP contribution in [0.1, 0.15) is 0 Å². The molecule has 1 aromatic rings. The Hall–Kier alpha value is -0.167. The maximum Gasteiger partial charge on any atom is 0.283 e. The molecule has 5 nitrogen and oxygen atoms in total. The summed E-state index contributed by atoms with van der Waals surface area (Å²) in [4.78, 5) is 9.46. The van der Waals surface area contributed by atoms with E-state index in [1.807, 2.05) is 0 Å². The SMILES string of the molecule is O=[N+]([O-])c1cc(S(=O)(=O)Cl)ccc1S.[Zn]. The van der Waals surface area contributed by atoms with Gasteiger partial charge in [-0.25, -0.2) is 8.42 Å². The maximum absolute atomic E-state index is 10.8. The predicted molar refractivity (Wildman–Crippen MR) is 53.4 cm³/mol. The van der Waals surface area contributed by atoms with Crippen LogP contribution in [0.3, 0.4) is 0 Å². The molecule has 0 amide bonds. The molecule has 0 spiro atoms. The summed E-state index contributed by atoms with van der Waals surface area (Å²) in [6, 6.07) is 3.22. The van der Waals surface area contributed by atoms with Gasteiger partial charge in [-0.05, 0) is 12.1 Å². The van der Waals surface area contributed by atoms with Crippen molar-refractivity contribution in [2.45, 2.75) is 9.79 Å². The fourth-order valence-electron chi connectivity index (χ4n) is 0.801. The fourth-order valence-corrected chi connectivity index (χ4v) is 1.79. The average molecular weight is 319 g/mol. The molecular weight excluding hydrogens is 315 g/mol. The maximum atomic E-state index is 10.8. The van der Waals surface area contributed by atoms with Gasteiger partial charge in [0.05, 0.1) is 14.7 Å². The van der Waals surface area contributed by atoms with Gasteiger partial charge in [-0.15, -0.1) is 12.6 Å². The molecular formula is C6H4ClNO4S2Zn. The molecule has 15 heavy (non-hydrogen) atoms. The van der Waals surface area contributed by atoms with Gasteiger partial charge >= 0.3 is 0 Å². The first kappa shape index (κ1) is 14.8. The van der Waals surface area contributed by atoms with Crippen LogP contribution in [0.25, 0.3) is 0 Å². The topological polar surface area (TPSA) is 77.3 Å². The average Bonchev–Trinajstić information content (AvgIpc) is 2.02. The Balaban J connectivity index is 0.00000196. The Morgan fingerprint density at radius 2 is 1.93 bits per heavy atom. The third kappa shape index (κ3) is 3.72. The van der Waals surface area contributed by atoms with Crippen molar-refractivity contribution in [2.75, 3.05) is 0 Å². The molecule has 9 heteroatoms. The van der Waals surface area contributed by atoms with E-state index in [1.54, 1.807) is 0 Å². The first-order valence-corrected chi connectivity index (χ1v) is 6.00. The molecule has 0 aliphatic heterocycles. The Morgan fingerprint density at radius 3 is 2.33 bits per heavy atom. The standard InChI is InChI=1S/C6H4ClNO4S2.Zn/c7-14(11,12)4-1-2-6(13)5(3-4)8(9)10;/h1-3,13H;. The molecule has 0 aliphatic carbocycles. The van der Waals surface area contributed by atoms with Crippen LogP contribution in [0.5, 0.6) is 0 Å². The van der Waals surface area contributed by atoms with Crippen molar-refractivity contribution in [2.24, 2.45) is 0 Å². The monoisotopic (exact) mass is 317 g/mol. The summed E-state index contributed by atoms with van der Waals surface area (Å²) < 4.78 is 21.7. The molecule has 0 saturated heterocycles. The van der Waals surface area contributed by atoms with E-state index in [2.05, 4.69) is 12.6 Å². The number of halogens is 1. The second-order valence-corrected chi connectivity index (χ2v) is 5.39. The van der Waals surface area contributed by atoms with Crippen LogP contribution in [0.2, 0.25) is 0 Å². The zero-order valence-electron chi connectivity index (χ0n) is 7.25. The zero-order chi connectivity index (χ0) is 10.9. The number of nitrogens with zero attached hydrogens (tertiary/aromatic N) is 1. The van der Waals surface area contributed by atoms with Crippen molar-refractivity contribution in [3.63, 3.8) is 0 Å². The van der Waals surface area contributed by atoms with Crippen LogP contribution in [-0.4, -0.2) is 13.3 Å². The van der Waals surface area contributed by atoms with Crippen molar-refractivity contribution in [1.82, 2.24) is 0 Å². The molecule has 0 heterocycles. The molecule has 0 N–H and O–H groups in total. The smallest absolute Gasteiger partial charge is 0.258 e. The first-order valence-electron chi connectivity index (χ1n) is 3.24. The number of nitro benzene ring substituents is 1. The molecule has 0 aliphatic rings. The minimum absolute atomic E-state index is 0. The van der Waals surface area contributed by atoms with Crippen LogP contribution in [0.15, 0.2) is 28.0 Å². The minimum atomic E-state index is -3.94. The van der Waals surface area contributed by atoms with Crippen LogP contribution < -0.4 is 0 Å². The summed E-state index contributed by atoms with van der Waals surface area (Å²) in [6.45, 7) is 0. The van der Waals surface area contributed by atoms with E-state index in [-0.39, 0.29) is 29.3 Å². The molecule has 1 rings (SSSR count). The van der Waals surface area contributed by atoms with Crippen molar-refractivity contribution in [3.05, 3.63) is 28.3 Å². The van der Waals surface area contributed by atoms with Gasteiger partial charge in [-0.1, -0.05) is 0 Å². The van der Waals surface area contributed by atoms with Crippen LogP contribution in [-0.2, 0) is 28.5 Å². The minimum Gasteiger partial charge on any atom is -0.258 e. The summed E-state index contributed by atoms with van der Waals surface area (Å²) in [5, 5.41) is 10.4. The molecule has 0 saturated carbocycles. The van der Waals surface area contributed by atoms with E-state index in [0.29, 0.717) is 0 Å². The third-order valence-electron chi connectivity index (χ3n) is 1.43. The van der Waals surface area contributed by atoms with Gasteiger partial charge in [0.1, 0.15) is 0 Å². The van der Waals surface area contributed by atoms with Gasteiger partial charge in [0.2, 0.25) is 0 Å². The van der Waals surface area contributed by atoms with E-state index >= 15 is 0 Å². The van der Waals surface area contributed by atoms with Crippen molar-refractivity contribution in [1.29, 1.82) is 0 Å². The van der Waals surface area contributed by atoms with Crippen molar-refractivity contribution < 1.29 is 32.8 Å². The molecule has 1 aromatic carbocycles. The summed E-state index contributed by atoms with van der Waals surface area (Å²) in [5.74, 6) is 0. The van der Waals surface area contributed by atoms with Crippen LogP contribution in [0.4, 0.5) is 5.69 Å². The van der Waals surface area contributed by atoms with Crippen molar-refractivity contribution in [3.8, 4) is 0 Å². The molecule has 0 aromatic heterocycles. The summed E-state index contributed by atoms with van der Waals surface area (Å²) in [5.41, 5.74) is -0.393. The summed E-state index contributed by atoms with van der Waals surface area (Å²) in [7, 11) is 1.07. The van der Waals surface area contributed by atoms with Gasteiger partial charge in [-0.2, -0.15) is 0 Å². The number of hydrogen-bond donors (Lipinski definition) is 1. The second kappa shape index (κ2) is 5.25. The van der Waals surface area contributed by atoms with Gasteiger partial charge < -0.3 is 0 Å². The van der Waals surface area contributed by atoms with Gasteiger partial charge in [0, 0.05) is 36.2 Å². The largest absolute Gasteiger partial charge is 0.283 e. The van der Waals surface area contributed by atoms with Crippen LogP contribution in [0, 0.1) is 10.1 Å². The zero-order valence-corrected chi connectivity index (χ0v) is 12.7. The van der Waals surface area contributed by atoms with Gasteiger partial charge in [-0.3, -0.25) is 10.1 Å². The van der Waals surface area contributed by atoms with Crippen LogP contribution >= 0.6 is 23.3 Å². The molecule has 0 atom stereocenters. The number of thiol groups is 1. The Kier molecular flexibility index (Phi) is 5.19. The first-order chi connectivity index (χ1) is 6.32. The van der Waals surface area contributed by atoms with E-state index in [0.717, 1.165) is 12.1 Å². The van der Waals surface area contributed by atoms with E-state index in [4.69, 9.17) is 10.7 Å². The Morgan fingerprint density at radius 1 is 1.40 bits per heavy atom. The number of hydrogen-bond acceptors (Lipinski definition) is 5. The molecule has 0 fully saturated rings. The molecule has 78 valence electrons. The second-order valence-electron chi connectivity index (χ2n) is 2.35.